The van der Waals surface area contributed by atoms with Crippen LogP contribution in [0.25, 0.3) is 5.76 Å². The molecule has 1 unspecified atom stereocenters. The van der Waals surface area contributed by atoms with E-state index in [1.807, 2.05) is 31.2 Å². The summed E-state index contributed by atoms with van der Waals surface area (Å²) in [6.07, 6.45) is 1.55. The molecule has 38 heavy (non-hydrogen) atoms. The number of aliphatic hydroxyl groups is 1. The molecule has 0 aliphatic carbocycles. The van der Waals surface area contributed by atoms with Gasteiger partial charge in [0.05, 0.1) is 31.4 Å². The maximum atomic E-state index is 13.4. The Bertz CT molecular complexity index is 1210. The number of rotatable bonds is 9. The molecular formula is C29H34N2O7. The smallest absolute Gasteiger partial charge is 0.295 e. The van der Waals surface area contributed by atoms with Gasteiger partial charge in [-0.2, -0.15) is 0 Å². The van der Waals surface area contributed by atoms with Crippen molar-refractivity contribution in [3.63, 3.8) is 0 Å². The lowest BCUT2D eigenvalue weighted by Gasteiger charge is -2.29. The summed E-state index contributed by atoms with van der Waals surface area (Å²) in [6.45, 7) is 7.70. The number of carbonyl (C=O) groups is 2. The van der Waals surface area contributed by atoms with E-state index in [1.165, 1.54) is 0 Å². The van der Waals surface area contributed by atoms with Crippen LogP contribution in [0.1, 0.15) is 36.9 Å². The molecule has 2 aromatic carbocycles. The first-order valence-electron chi connectivity index (χ1n) is 13.3. The Balaban J connectivity index is 1.49. The van der Waals surface area contributed by atoms with E-state index in [9.17, 15) is 14.7 Å². The Morgan fingerprint density at radius 2 is 1.79 bits per heavy atom. The summed E-state index contributed by atoms with van der Waals surface area (Å²) in [6, 6.07) is 11.7. The first kappa shape index (κ1) is 26.1. The van der Waals surface area contributed by atoms with Gasteiger partial charge in [0.15, 0.2) is 11.5 Å². The van der Waals surface area contributed by atoms with E-state index in [4.69, 9.17) is 18.9 Å². The van der Waals surface area contributed by atoms with Crippen molar-refractivity contribution < 1.29 is 33.6 Å². The van der Waals surface area contributed by atoms with Crippen molar-refractivity contribution in [1.29, 1.82) is 0 Å². The molecule has 1 N–H and O–H groups in total. The molecule has 0 bridgehead atoms. The van der Waals surface area contributed by atoms with Crippen LogP contribution in [0.2, 0.25) is 0 Å². The number of hydrogen-bond donors (Lipinski definition) is 1. The summed E-state index contributed by atoms with van der Waals surface area (Å²) in [4.78, 5) is 30.6. The first-order valence-corrected chi connectivity index (χ1v) is 13.3. The lowest BCUT2D eigenvalue weighted by molar-refractivity contribution is -0.140. The first-order chi connectivity index (χ1) is 18.6. The third-order valence-corrected chi connectivity index (χ3v) is 6.98. The van der Waals surface area contributed by atoms with Crippen molar-refractivity contribution in [1.82, 2.24) is 9.80 Å². The van der Waals surface area contributed by atoms with Gasteiger partial charge in [0, 0.05) is 31.7 Å². The SMILES string of the molecule is CCCOc1cccc(C2/C(=C(/O)c3ccc4c(c3)OCCO4)C(=O)C(=O)N2CCCN2CCOCC2)c1. The van der Waals surface area contributed by atoms with Crippen LogP contribution >= 0.6 is 0 Å². The molecule has 3 aliphatic rings. The van der Waals surface area contributed by atoms with Gasteiger partial charge in [-0.3, -0.25) is 14.5 Å². The number of amides is 1. The quantitative estimate of drug-likeness (QED) is 0.304. The predicted octanol–water partition coefficient (Wildman–Crippen LogP) is 3.39. The highest BCUT2D eigenvalue weighted by Gasteiger charge is 2.46. The van der Waals surface area contributed by atoms with Gasteiger partial charge in [0.2, 0.25) is 0 Å². The number of hydrogen-bond acceptors (Lipinski definition) is 8. The Kier molecular flexibility index (Phi) is 8.14. The molecule has 0 spiro atoms. The molecule has 9 nitrogen and oxygen atoms in total. The van der Waals surface area contributed by atoms with Gasteiger partial charge in [0.25, 0.3) is 11.7 Å². The number of benzene rings is 2. The number of nitrogens with zero attached hydrogens (tertiary/aromatic N) is 2. The fourth-order valence-electron chi connectivity index (χ4n) is 5.09. The average molecular weight is 523 g/mol. The van der Waals surface area contributed by atoms with Crippen molar-refractivity contribution in [2.24, 2.45) is 0 Å². The number of ether oxygens (including phenoxy) is 4. The van der Waals surface area contributed by atoms with Gasteiger partial charge in [-0.25, -0.2) is 0 Å². The van der Waals surface area contributed by atoms with Crippen LogP contribution in [-0.4, -0.2) is 85.8 Å². The standard InChI is InChI=1S/C29H34N2O7/c1-2-13-36-22-6-3-5-20(18-22)26-25(27(32)21-7-8-23-24(19-21)38-17-16-37-23)28(33)29(34)31(26)10-4-9-30-11-14-35-15-12-30/h3,5-8,18-19,26,32H,2,4,9-17H2,1H3/b27-25-. The molecule has 2 fully saturated rings. The Hall–Kier alpha value is -3.56. The zero-order valence-corrected chi connectivity index (χ0v) is 21.7. The average Bonchev–Trinajstić information content (AvgIpc) is 3.21. The van der Waals surface area contributed by atoms with E-state index in [0.717, 1.165) is 26.1 Å². The highest BCUT2D eigenvalue weighted by molar-refractivity contribution is 6.46. The Morgan fingerprint density at radius 1 is 1.00 bits per heavy atom. The molecule has 3 aliphatic heterocycles. The topological polar surface area (TPSA) is 97.8 Å². The van der Waals surface area contributed by atoms with E-state index < -0.39 is 17.7 Å². The van der Waals surface area contributed by atoms with Gasteiger partial charge in [0.1, 0.15) is 24.7 Å². The van der Waals surface area contributed by atoms with Crippen LogP contribution in [0.5, 0.6) is 17.2 Å². The van der Waals surface area contributed by atoms with Crippen molar-refractivity contribution in [3.8, 4) is 17.2 Å². The summed E-state index contributed by atoms with van der Waals surface area (Å²) in [7, 11) is 0. The molecule has 3 heterocycles. The van der Waals surface area contributed by atoms with E-state index in [2.05, 4.69) is 4.90 Å². The second-order valence-corrected chi connectivity index (χ2v) is 9.58. The largest absolute Gasteiger partial charge is 0.507 e. The summed E-state index contributed by atoms with van der Waals surface area (Å²) in [5.41, 5.74) is 1.16. The molecule has 1 amide bonds. The molecule has 0 saturated carbocycles. The number of aliphatic hydroxyl groups excluding tert-OH is 1. The zero-order chi connectivity index (χ0) is 26.5. The highest BCUT2D eigenvalue weighted by Crippen LogP contribution is 2.41. The van der Waals surface area contributed by atoms with Crippen molar-refractivity contribution in [2.45, 2.75) is 25.8 Å². The maximum Gasteiger partial charge on any atom is 0.295 e. The van der Waals surface area contributed by atoms with Crippen molar-refractivity contribution in [3.05, 3.63) is 59.2 Å². The summed E-state index contributed by atoms with van der Waals surface area (Å²) < 4.78 is 22.5. The van der Waals surface area contributed by atoms with E-state index >= 15 is 0 Å². The monoisotopic (exact) mass is 522 g/mol. The van der Waals surface area contributed by atoms with Gasteiger partial charge in [-0.1, -0.05) is 19.1 Å². The lowest BCUT2D eigenvalue weighted by atomic mass is 9.95. The van der Waals surface area contributed by atoms with E-state index in [1.54, 1.807) is 23.1 Å². The summed E-state index contributed by atoms with van der Waals surface area (Å²) >= 11 is 0. The number of fused-ring (bicyclic) bond motifs is 1. The fraction of sp³-hybridized carbons (Fsp3) is 0.448. The van der Waals surface area contributed by atoms with Crippen LogP contribution in [0.3, 0.4) is 0 Å². The van der Waals surface area contributed by atoms with Gasteiger partial charge < -0.3 is 29.0 Å². The Morgan fingerprint density at radius 3 is 2.58 bits per heavy atom. The van der Waals surface area contributed by atoms with Crippen LogP contribution < -0.4 is 14.2 Å². The van der Waals surface area contributed by atoms with Crippen molar-refractivity contribution >= 4 is 17.4 Å². The molecule has 0 aromatic heterocycles. The lowest BCUT2D eigenvalue weighted by Crippen LogP contribution is -2.38. The third-order valence-electron chi connectivity index (χ3n) is 6.98. The number of carbonyl (C=O) groups excluding carboxylic acids is 2. The molecule has 5 rings (SSSR count). The minimum Gasteiger partial charge on any atom is -0.507 e. The van der Waals surface area contributed by atoms with Crippen LogP contribution in [0, 0.1) is 0 Å². The second-order valence-electron chi connectivity index (χ2n) is 9.58. The molecule has 1 atom stereocenters. The predicted molar refractivity (Wildman–Crippen MR) is 141 cm³/mol. The fourth-order valence-corrected chi connectivity index (χ4v) is 5.09. The third kappa shape index (κ3) is 5.49. The van der Waals surface area contributed by atoms with Gasteiger partial charge in [-0.15, -0.1) is 0 Å². The molecular weight excluding hydrogens is 488 g/mol. The number of morpholine rings is 1. The second kappa shape index (κ2) is 11.9. The molecule has 9 heteroatoms. The Labute approximate surface area is 222 Å². The zero-order valence-electron chi connectivity index (χ0n) is 21.7. The molecule has 202 valence electrons. The molecule has 0 radical (unpaired) electrons. The number of Topliss-reactive ketones (excluding diaryl/α,β-unsaturated/α-hetero) is 1. The molecule has 2 saturated heterocycles. The maximum absolute atomic E-state index is 13.4. The van der Waals surface area contributed by atoms with Gasteiger partial charge in [-0.05, 0) is 48.7 Å². The van der Waals surface area contributed by atoms with Crippen LogP contribution in [-0.2, 0) is 14.3 Å². The minimum atomic E-state index is -0.738. The van der Waals surface area contributed by atoms with Crippen LogP contribution in [0.4, 0.5) is 0 Å². The highest BCUT2D eigenvalue weighted by atomic mass is 16.6. The van der Waals surface area contributed by atoms with Crippen LogP contribution in [0.15, 0.2) is 48.0 Å². The number of ketones is 1. The minimum absolute atomic E-state index is 0.0608. The van der Waals surface area contributed by atoms with Gasteiger partial charge >= 0.3 is 0 Å². The van der Waals surface area contributed by atoms with Crippen molar-refractivity contribution in [2.75, 3.05) is 59.2 Å². The summed E-state index contributed by atoms with van der Waals surface area (Å²) in [5.74, 6) is 0.174. The van der Waals surface area contributed by atoms with E-state index in [0.29, 0.717) is 74.4 Å². The van der Waals surface area contributed by atoms with E-state index in [-0.39, 0.29) is 11.3 Å². The number of likely N-dealkylation sites (tertiary alicyclic amines) is 1. The molecule has 2 aromatic rings. The normalized spacial score (nSPS) is 21.1. The summed E-state index contributed by atoms with van der Waals surface area (Å²) in [5, 5.41) is 11.4.